The van der Waals surface area contributed by atoms with Crippen molar-refractivity contribution in [3.8, 4) is 17.5 Å². The first-order chi connectivity index (χ1) is 17.4. The second kappa shape index (κ2) is 10.1. The quantitative estimate of drug-likeness (QED) is 0.381. The lowest BCUT2D eigenvalue weighted by Gasteiger charge is -2.12. The minimum atomic E-state index is -4.89. The molecule has 10 nitrogen and oxygen atoms in total. The predicted octanol–water partition coefficient (Wildman–Crippen LogP) is 3.11. The summed E-state index contributed by atoms with van der Waals surface area (Å²) in [4.78, 5) is 35.0. The lowest BCUT2D eigenvalue weighted by Crippen LogP contribution is -2.40. The van der Waals surface area contributed by atoms with E-state index in [0.717, 1.165) is 22.3 Å². The van der Waals surface area contributed by atoms with Gasteiger partial charge in [-0.1, -0.05) is 12.1 Å². The number of aryl methyl sites for hydroxylation is 2. The van der Waals surface area contributed by atoms with Crippen LogP contribution >= 0.6 is 0 Å². The van der Waals surface area contributed by atoms with Gasteiger partial charge in [-0.25, -0.2) is 4.79 Å². The van der Waals surface area contributed by atoms with Gasteiger partial charge in [-0.3, -0.25) is 23.5 Å². The topological polar surface area (TPSA) is 113 Å². The van der Waals surface area contributed by atoms with E-state index in [1.54, 1.807) is 19.2 Å². The van der Waals surface area contributed by atoms with Gasteiger partial charge in [0.1, 0.15) is 11.5 Å². The van der Waals surface area contributed by atoms with Crippen molar-refractivity contribution in [2.45, 2.75) is 45.8 Å². The molecule has 0 saturated carbocycles. The fourth-order valence-corrected chi connectivity index (χ4v) is 3.68. The number of hydrogen-bond acceptors (Lipinski definition) is 7. The van der Waals surface area contributed by atoms with E-state index < -0.39 is 29.5 Å². The standard InChI is InChI=1S/C24H24F3N5O5/c1-14-7-8-16(28-12-14)13-32-19-20(30(3)23(35)31(21(19)34)10-9-15(2)33)29-22(32)36-17-5-4-6-18(11-17)37-24(25,26)27/h4-8,11-12,15,33H,9-10,13H2,1-3H3. The number of benzene rings is 1. The van der Waals surface area contributed by atoms with Gasteiger partial charge in [-0.05, 0) is 44.0 Å². The zero-order valence-electron chi connectivity index (χ0n) is 20.2. The summed E-state index contributed by atoms with van der Waals surface area (Å²) in [6, 6.07) is 8.29. The molecule has 4 rings (SSSR count). The van der Waals surface area contributed by atoms with Crippen LogP contribution in [0.15, 0.2) is 52.2 Å². The Labute approximate surface area is 208 Å². The molecule has 1 N–H and O–H groups in total. The summed E-state index contributed by atoms with van der Waals surface area (Å²) >= 11 is 0. The molecule has 0 bridgehead atoms. The zero-order chi connectivity index (χ0) is 26.9. The third-order valence-corrected chi connectivity index (χ3v) is 5.51. The van der Waals surface area contributed by atoms with Crippen molar-refractivity contribution in [3.63, 3.8) is 0 Å². The van der Waals surface area contributed by atoms with Gasteiger partial charge in [-0.2, -0.15) is 4.98 Å². The van der Waals surface area contributed by atoms with Crippen LogP contribution in [0.25, 0.3) is 11.2 Å². The summed E-state index contributed by atoms with van der Waals surface area (Å²) in [6.45, 7) is 3.41. The number of aliphatic hydroxyl groups excluding tert-OH is 1. The average molecular weight is 519 g/mol. The molecule has 0 spiro atoms. The number of imidazole rings is 1. The molecule has 0 fully saturated rings. The van der Waals surface area contributed by atoms with Gasteiger partial charge in [0.2, 0.25) is 0 Å². The van der Waals surface area contributed by atoms with Crippen LogP contribution in [-0.4, -0.2) is 41.2 Å². The zero-order valence-corrected chi connectivity index (χ0v) is 20.2. The van der Waals surface area contributed by atoms with Crippen LogP contribution in [0.4, 0.5) is 13.2 Å². The maximum absolute atomic E-state index is 13.4. The second-order valence-corrected chi connectivity index (χ2v) is 8.54. The van der Waals surface area contributed by atoms with Crippen molar-refractivity contribution in [2.75, 3.05) is 0 Å². The summed E-state index contributed by atoms with van der Waals surface area (Å²) in [5.41, 5.74) is 0.236. The van der Waals surface area contributed by atoms with Crippen molar-refractivity contribution < 1.29 is 27.8 Å². The van der Waals surface area contributed by atoms with E-state index in [4.69, 9.17) is 4.74 Å². The van der Waals surface area contributed by atoms with Crippen LogP contribution in [0.3, 0.4) is 0 Å². The van der Waals surface area contributed by atoms with Gasteiger partial charge in [0.05, 0.1) is 18.3 Å². The summed E-state index contributed by atoms with van der Waals surface area (Å²) in [6.07, 6.45) is -3.81. The minimum absolute atomic E-state index is 0.0214. The fraction of sp³-hybridized carbons (Fsp3) is 0.333. The van der Waals surface area contributed by atoms with Gasteiger partial charge in [0.15, 0.2) is 11.2 Å². The van der Waals surface area contributed by atoms with Crippen LogP contribution in [0, 0.1) is 6.92 Å². The van der Waals surface area contributed by atoms with E-state index in [1.807, 2.05) is 13.0 Å². The highest BCUT2D eigenvalue weighted by atomic mass is 19.4. The summed E-state index contributed by atoms with van der Waals surface area (Å²) in [5, 5.41) is 9.66. The molecule has 196 valence electrons. The molecule has 1 unspecified atom stereocenters. The summed E-state index contributed by atoms with van der Waals surface area (Å²) < 4.78 is 51.4. The van der Waals surface area contributed by atoms with E-state index in [0.29, 0.717) is 5.69 Å². The van der Waals surface area contributed by atoms with E-state index in [2.05, 4.69) is 14.7 Å². The highest BCUT2D eigenvalue weighted by molar-refractivity contribution is 5.72. The number of alkyl halides is 3. The molecular weight excluding hydrogens is 495 g/mol. The van der Waals surface area contributed by atoms with Crippen LogP contribution in [0.2, 0.25) is 0 Å². The SMILES string of the molecule is Cc1ccc(Cn2c(Oc3cccc(OC(F)(F)F)c3)nc3c2c(=O)n(CCC(C)O)c(=O)n3C)nc1. The second-order valence-electron chi connectivity index (χ2n) is 8.54. The Morgan fingerprint density at radius 1 is 1.11 bits per heavy atom. The van der Waals surface area contributed by atoms with Crippen LogP contribution in [0.5, 0.6) is 17.5 Å². The first-order valence-electron chi connectivity index (χ1n) is 11.3. The maximum atomic E-state index is 13.4. The average Bonchev–Trinajstić information content (AvgIpc) is 3.16. The molecule has 0 aliphatic rings. The Morgan fingerprint density at radius 2 is 1.84 bits per heavy atom. The first kappa shape index (κ1) is 25.9. The molecule has 1 atom stereocenters. The van der Waals surface area contributed by atoms with Gasteiger partial charge in [0.25, 0.3) is 5.56 Å². The van der Waals surface area contributed by atoms with Crippen LogP contribution in [0.1, 0.15) is 24.6 Å². The van der Waals surface area contributed by atoms with Crippen molar-refractivity contribution in [3.05, 3.63) is 74.7 Å². The Kier molecular flexibility index (Phi) is 7.07. The van der Waals surface area contributed by atoms with Crippen LogP contribution < -0.4 is 20.7 Å². The highest BCUT2D eigenvalue weighted by Gasteiger charge is 2.31. The van der Waals surface area contributed by atoms with Crippen molar-refractivity contribution in [1.29, 1.82) is 0 Å². The van der Waals surface area contributed by atoms with Crippen molar-refractivity contribution in [1.82, 2.24) is 23.7 Å². The molecule has 0 aliphatic heterocycles. The maximum Gasteiger partial charge on any atom is 0.573 e. The van der Waals surface area contributed by atoms with Gasteiger partial charge < -0.3 is 14.6 Å². The minimum Gasteiger partial charge on any atom is -0.425 e. The lowest BCUT2D eigenvalue weighted by atomic mass is 10.2. The first-order valence-corrected chi connectivity index (χ1v) is 11.3. The third kappa shape index (κ3) is 5.82. The van der Waals surface area contributed by atoms with E-state index >= 15 is 0 Å². The number of pyridine rings is 1. The third-order valence-electron chi connectivity index (χ3n) is 5.51. The number of aliphatic hydroxyl groups is 1. The molecule has 0 amide bonds. The summed E-state index contributed by atoms with van der Waals surface area (Å²) in [7, 11) is 1.44. The van der Waals surface area contributed by atoms with E-state index in [1.165, 1.54) is 28.3 Å². The van der Waals surface area contributed by atoms with Gasteiger partial charge in [0, 0.05) is 25.9 Å². The van der Waals surface area contributed by atoms with Gasteiger partial charge in [-0.15, -0.1) is 13.2 Å². The molecule has 0 saturated heterocycles. The number of rotatable bonds is 8. The number of aromatic nitrogens is 5. The molecule has 37 heavy (non-hydrogen) atoms. The Hall–Kier alpha value is -4.13. The normalized spacial score (nSPS) is 12.6. The number of halogens is 3. The smallest absolute Gasteiger partial charge is 0.425 e. The van der Waals surface area contributed by atoms with E-state index in [9.17, 15) is 27.9 Å². The Balaban J connectivity index is 1.87. The predicted molar refractivity (Wildman–Crippen MR) is 127 cm³/mol. The Morgan fingerprint density at radius 3 is 2.49 bits per heavy atom. The highest BCUT2D eigenvalue weighted by Crippen LogP contribution is 2.30. The molecule has 3 heterocycles. The number of hydrogen-bond donors (Lipinski definition) is 1. The summed E-state index contributed by atoms with van der Waals surface area (Å²) in [5.74, 6) is -0.532. The Bertz CT molecular complexity index is 1540. The largest absolute Gasteiger partial charge is 0.573 e. The molecule has 13 heteroatoms. The van der Waals surface area contributed by atoms with Crippen molar-refractivity contribution >= 4 is 11.2 Å². The molecular formula is C24H24F3N5O5. The van der Waals surface area contributed by atoms with E-state index in [-0.39, 0.29) is 42.4 Å². The fourth-order valence-electron chi connectivity index (χ4n) is 3.68. The van der Waals surface area contributed by atoms with Crippen LogP contribution in [-0.2, 0) is 20.1 Å². The molecule has 0 radical (unpaired) electrons. The molecule has 0 aliphatic carbocycles. The van der Waals surface area contributed by atoms with Crippen molar-refractivity contribution in [2.24, 2.45) is 7.05 Å². The molecule has 3 aromatic heterocycles. The molecule has 1 aromatic carbocycles. The van der Waals surface area contributed by atoms with Gasteiger partial charge >= 0.3 is 18.1 Å². The number of nitrogens with zero attached hydrogens (tertiary/aromatic N) is 5. The monoisotopic (exact) mass is 519 g/mol. The molecule has 4 aromatic rings. The number of ether oxygens (including phenoxy) is 2. The lowest BCUT2D eigenvalue weighted by molar-refractivity contribution is -0.274. The number of fused-ring (bicyclic) bond motifs is 1.